The van der Waals surface area contributed by atoms with Crippen molar-refractivity contribution in [3.05, 3.63) is 50.9 Å². The molecule has 1 aromatic carbocycles. The van der Waals surface area contributed by atoms with Crippen LogP contribution in [0.1, 0.15) is 16.0 Å². The third-order valence-electron chi connectivity index (χ3n) is 4.69. The molecule has 3 heterocycles. The minimum atomic E-state index is -3.57. The van der Waals surface area contributed by atoms with Gasteiger partial charge >= 0.3 is 0 Å². The van der Waals surface area contributed by atoms with E-state index in [1.807, 2.05) is 13.8 Å². The highest BCUT2D eigenvalue weighted by Gasteiger charge is 2.17. The van der Waals surface area contributed by atoms with Crippen molar-refractivity contribution in [3.8, 4) is 11.5 Å². The van der Waals surface area contributed by atoms with Crippen LogP contribution in [0.5, 0.6) is 11.5 Å². The molecule has 0 atom stereocenters. The molecule has 0 radical (unpaired) electrons. The summed E-state index contributed by atoms with van der Waals surface area (Å²) in [4.78, 5) is 18.7. The van der Waals surface area contributed by atoms with Crippen LogP contribution in [0.2, 0.25) is 0 Å². The molecular weight excluding hydrogens is 402 g/mol. The Kier molecular flexibility index (Phi) is 4.86. The zero-order chi connectivity index (χ0) is 19.9. The number of rotatable bonds is 6. The lowest BCUT2D eigenvalue weighted by atomic mass is 10.2. The maximum Gasteiger partial charge on any atom is 0.262 e. The van der Waals surface area contributed by atoms with Crippen LogP contribution < -0.4 is 19.8 Å². The van der Waals surface area contributed by atoms with Gasteiger partial charge < -0.3 is 9.47 Å². The third-order valence-corrected chi connectivity index (χ3v) is 7.11. The molecule has 0 unspecified atom stereocenters. The SMILES string of the molecule is Cc1sc2ncn(CCS(=O)(=O)NCc3ccc4c(c3)OCO4)c(=O)c2c1C. The van der Waals surface area contributed by atoms with E-state index in [9.17, 15) is 13.2 Å². The van der Waals surface area contributed by atoms with Crippen LogP contribution in [-0.2, 0) is 23.1 Å². The molecule has 0 bridgehead atoms. The number of sulfonamides is 1. The quantitative estimate of drug-likeness (QED) is 0.653. The van der Waals surface area contributed by atoms with Crippen LogP contribution in [-0.4, -0.2) is 30.5 Å². The van der Waals surface area contributed by atoms with Crippen molar-refractivity contribution in [1.29, 1.82) is 0 Å². The van der Waals surface area contributed by atoms with E-state index in [0.29, 0.717) is 21.7 Å². The number of aromatic nitrogens is 2. The predicted molar refractivity (Wildman–Crippen MR) is 107 cm³/mol. The molecule has 2 aromatic heterocycles. The number of benzene rings is 1. The summed E-state index contributed by atoms with van der Waals surface area (Å²) in [7, 11) is -3.57. The first kappa shape index (κ1) is 18.9. The summed E-state index contributed by atoms with van der Waals surface area (Å²) >= 11 is 1.47. The Hall–Kier alpha value is -2.43. The van der Waals surface area contributed by atoms with Gasteiger partial charge in [0, 0.05) is 18.0 Å². The summed E-state index contributed by atoms with van der Waals surface area (Å²) in [6, 6.07) is 5.27. The van der Waals surface area contributed by atoms with E-state index in [1.54, 1.807) is 18.2 Å². The van der Waals surface area contributed by atoms with Gasteiger partial charge in [-0.25, -0.2) is 18.1 Å². The Labute approximate surface area is 165 Å². The number of nitrogens with one attached hydrogen (secondary N) is 1. The van der Waals surface area contributed by atoms with Crippen molar-refractivity contribution in [2.24, 2.45) is 0 Å². The topological polar surface area (TPSA) is 99.5 Å². The standard InChI is InChI=1S/C18H19N3O5S2/c1-11-12(2)27-17-16(11)18(22)21(9-19-17)5-6-28(23,24)20-8-13-3-4-14-15(7-13)26-10-25-14/h3-4,7,9,20H,5-6,8,10H2,1-2H3. The number of aryl methyl sites for hydroxylation is 3. The molecular formula is C18H19N3O5S2. The minimum absolute atomic E-state index is 0.0343. The van der Waals surface area contributed by atoms with Gasteiger partial charge in [-0.15, -0.1) is 11.3 Å². The van der Waals surface area contributed by atoms with Crippen LogP contribution in [0.3, 0.4) is 0 Å². The lowest BCUT2D eigenvalue weighted by Gasteiger charge is -2.09. The van der Waals surface area contributed by atoms with Gasteiger partial charge in [-0.3, -0.25) is 9.36 Å². The molecule has 0 saturated heterocycles. The summed E-state index contributed by atoms with van der Waals surface area (Å²) in [5.41, 5.74) is 1.45. The van der Waals surface area contributed by atoms with Gasteiger partial charge in [0.1, 0.15) is 4.83 Å². The van der Waals surface area contributed by atoms with Gasteiger partial charge in [0.2, 0.25) is 16.8 Å². The Bertz CT molecular complexity index is 1210. The lowest BCUT2D eigenvalue weighted by Crippen LogP contribution is -2.31. The third kappa shape index (κ3) is 3.62. The number of thiophene rings is 1. The Balaban J connectivity index is 1.44. The summed E-state index contributed by atoms with van der Waals surface area (Å²) in [6.07, 6.45) is 1.41. The zero-order valence-electron chi connectivity index (χ0n) is 15.4. The number of ether oxygens (including phenoxy) is 2. The molecule has 1 aliphatic rings. The van der Waals surface area contributed by atoms with E-state index in [2.05, 4.69) is 9.71 Å². The summed E-state index contributed by atoms with van der Waals surface area (Å²) in [6.45, 7) is 4.16. The van der Waals surface area contributed by atoms with Crippen molar-refractivity contribution in [3.63, 3.8) is 0 Å². The molecule has 10 heteroatoms. The fourth-order valence-corrected chi connectivity index (χ4v) is 4.92. The van der Waals surface area contributed by atoms with Crippen molar-refractivity contribution >= 4 is 31.6 Å². The molecule has 1 aliphatic heterocycles. The average molecular weight is 422 g/mol. The normalized spacial score (nSPS) is 13.4. The summed E-state index contributed by atoms with van der Waals surface area (Å²) < 4.78 is 39.1. The number of hydrogen-bond donors (Lipinski definition) is 1. The fourth-order valence-electron chi connectivity index (χ4n) is 2.96. The van der Waals surface area contributed by atoms with Crippen LogP contribution in [0.25, 0.3) is 10.2 Å². The molecule has 3 aromatic rings. The van der Waals surface area contributed by atoms with Crippen molar-refractivity contribution in [2.45, 2.75) is 26.9 Å². The minimum Gasteiger partial charge on any atom is -0.454 e. The Morgan fingerprint density at radius 1 is 1.25 bits per heavy atom. The second kappa shape index (κ2) is 7.19. The number of nitrogens with zero attached hydrogens (tertiary/aromatic N) is 2. The highest BCUT2D eigenvalue weighted by atomic mass is 32.2. The molecule has 0 aliphatic carbocycles. The number of hydrogen-bond acceptors (Lipinski definition) is 7. The van der Waals surface area contributed by atoms with E-state index in [-0.39, 0.29) is 31.2 Å². The van der Waals surface area contributed by atoms with Gasteiger partial charge in [0.05, 0.1) is 17.5 Å². The lowest BCUT2D eigenvalue weighted by molar-refractivity contribution is 0.174. The number of fused-ring (bicyclic) bond motifs is 2. The molecule has 0 fully saturated rings. The van der Waals surface area contributed by atoms with Crippen LogP contribution in [0, 0.1) is 13.8 Å². The molecule has 0 saturated carbocycles. The first-order valence-electron chi connectivity index (χ1n) is 8.65. The monoisotopic (exact) mass is 421 g/mol. The highest BCUT2D eigenvalue weighted by molar-refractivity contribution is 7.89. The fraction of sp³-hybridized carbons (Fsp3) is 0.333. The average Bonchev–Trinajstić information content (AvgIpc) is 3.24. The van der Waals surface area contributed by atoms with Crippen LogP contribution in [0.15, 0.2) is 29.3 Å². The first-order valence-corrected chi connectivity index (χ1v) is 11.1. The highest BCUT2D eigenvalue weighted by Crippen LogP contribution is 2.32. The molecule has 1 N–H and O–H groups in total. The van der Waals surface area contributed by atoms with Gasteiger partial charge in [-0.2, -0.15) is 0 Å². The van der Waals surface area contributed by atoms with E-state index in [4.69, 9.17) is 9.47 Å². The summed E-state index contributed by atoms with van der Waals surface area (Å²) in [5.74, 6) is 1.03. The van der Waals surface area contributed by atoms with E-state index in [1.165, 1.54) is 22.2 Å². The maximum absolute atomic E-state index is 12.7. The first-order chi connectivity index (χ1) is 13.3. The Morgan fingerprint density at radius 3 is 2.86 bits per heavy atom. The van der Waals surface area contributed by atoms with Crippen LogP contribution >= 0.6 is 11.3 Å². The molecule has 0 amide bonds. The zero-order valence-corrected chi connectivity index (χ0v) is 17.0. The van der Waals surface area contributed by atoms with Gasteiger partial charge in [0.25, 0.3) is 5.56 Å². The van der Waals surface area contributed by atoms with E-state index < -0.39 is 10.0 Å². The van der Waals surface area contributed by atoms with Crippen LogP contribution in [0.4, 0.5) is 0 Å². The largest absolute Gasteiger partial charge is 0.454 e. The van der Waals surface area contributed by atoms with Crippen molar-refractivity contribution < 1.29 is 17.9 Å². The molecule has 0 spiro atoms. The smallest absolute Gasteiger partial charge is 0.262 e. The molecule has 148 valence electrons. The van der Waals surface area contributed by atoms with E-state index >= 15 is 0 Å². The van der Waals surface area contributed by atoms with Gasteiger partial charge in [0.15, 0.2) is 11.5 Å². The Morgan fingerprint density at radius 2 is 2.04 bits per heavy atom. The summed E-state index contributed by atoms with van der Waals surface area (Å²) in [5, 5.41) is 0.565. The molecule has 4 rings (SSSR count). The second-order valence-corrected chi connectivity index (χ2v) is 9.66. The predicted octanol–water partition coefficient (Wildman–Crippen LogP) is 1.92. The van der Waals surface area contributed by atoms with E-state index in [0.717, 1.165) is 16.0 Å². The van der Waals surface area contributed by atoms with Crippen molar-refractivity contribution in [1.82, 2.24) is 14.3 Å². The molecule has 28 heavy (non-hydrogen) atoms. The molecule has 8 nitrogen and oxygen atoms in total. The maximum atomic E-state index is 12.7. The van der Waals surface area contributed by atoms with Gasteiger partial charge in [-0.1, -0.05) is 6.07 Å². The van der Waals surface area contributed by atoms with Crippen molar-refractivity contribution in [2.75, 3.05) is 12.5 Å². The van der Waals surface area contributed by atoms with Gasteiger partial charge in [-0.05, 0) is 37.1 Å². The second-order valence-electron chi connectivity index (χ2n) is 6.53.